The Hall–Kier alpha value is 0.250. The van der Waals surface area contributed by atoms with E-state index in [1.54, 1.807) is 0 Å². The van der Waals surface area contributed by atoms with Crippen molar-refractivity contribution in [3.63, 3.8) is 0 Å². The molecule has 29 heavy (non-hydrogen) atoms. The van der Waals surface area contributed by atoms with Gasteiger partial charge in [-0.2, -0.15) is 0 Å². The Kier molecular flexibility index (Phi) is 23.1. The second-order valence-corrected chi connectivity index (χ2v) is 10.2. The van der Waals surface area contributed by atoms with Crippen molar-refractivity contribution < 1.29 is 4.48 Å². The molecule has 0 radical (unpaired) electrons. The standard InChI is InChI=1S/C27H57ClN/c1-4-6-8-10-12-14-16-18-21-25-29(3,27-23-20-24-28)26-22-19-17-15-13-11-9-7-5-2/h4-27H2,1-3H3/q+1. The third-order valence-electron chi connectivity index (χ3n) is 6.68. The maximum absolute atomic E-state index is 5.94. The summed E-state index contributed by atoms with van der Waals surface area (Å²) in [6.07, 6.45) is 28.3. The molecular weight excluding hydrogens is 374 g/mol. The summed E-state index contributed by atoms with van der Waals surface area (Å²) in [4.78, 5) is 0. The molecule has 0 aromatic rings. The first-order valence-corrected chi connectivity index (χ1v) is 14.1. The van der Waals surface area contributed by atoms with Gasteiger partial charge in [0, 0.05) is 5.88 Å². The highest BCUT2D eigenvalue weighted by Gasteiger charge is 2.20. The lowest BCUT2D eigenvalue weighted by Crippen LogP contribution is -2.46. The number of rotatable bonds is 24. The summed E-state index contributed by atoms with van der Waals surface area (Å²) in [6.45, 7) is 8.71. The van der Waals surface area contributed by atoms with Gasteiger partial charge in [0.15, 0.2) is 0 Å². The second kappa shape index (κ2) is 22.9. The molecule has 0 fully saturated rings. The molecule has 0 amide bonds. The molecule has 0 N–H and O–H groups in total. The van der Waals surface area contributed by atoms with Gasteiger partial charge in [-0.1, -0.05) is 104 Å². The monoisotopic (exact) mass is 430 g/mol. The van der Waals surface area contributed by atoms with Crippen molar-refractivity contribution in [2.45, 2.75) is 142 Å². The molecule has 0 atom stereocenters. The van der Waals surface area contributed by atoms with Crippen LogP contribution in [0.15, 0.2) is 0 Å². The molecule has 0 spiro atoms. The van der Waals surface area contributed by atoms with E-state index in [2.05, 4.69) is 20.9 Å². The molecule has 2 heteroatoms. The van der Waals surface area contributed by atoms with Gasteiger partial charge < -0.3 is 4.48 Å². The van der Waals surface area contributed by atoms with Crippen LogP contribution in [-0.2, 0) is 0 Å². The first kappa shape index (κ1) is 29.2. The molecule has 176 valence electrons. The zero-order valence-corrected chi connectivity index (χ0v) is 21.6. The highest BCUT2D eigenvalue weighted by atomic mass is 35.5. The van der Waals surface area contributed by atoms with Gasteiger partial charge in [-0.05, 0) is 38.5 Å². The van der Waals surface area contributed by atoms with E-state index in [1.807, 2.05) is 0 Å². The van der Waals surface area contributed by atoms with Gasteiger partial charge in [0.2, 0.25) is 0 Å². The van der Waals surface area contributed by atoms with E-state index in [1.165, 1.54) is 153 Å². The molecule has 0 rings (SSSR count). The van der Waals surface area contributed by atoms with Crippen LogP contribution in [0, 0.1) is 0 Å². The number of nitrogens with zero attached hydrogens (tertiary/aromatic N) is 1. The third-order valence-corrected chi connectivity index (χ3v) is 6.95. The normalized spacial score (nSPS) is 12.0. The Morgan fingerprint density at radius 2 is 0.690 bits per heavy atom. The minimum atomic E-state index is 0.829. The second-order valence-electron chi connectivity index (χ2n) is 9.84. The van der Waals surface area contributed by atoms with Crippen molar-refractivity contribution in [2.24, 2.45) is 0 Å². The zero-order chi connectivity index (χ0) is 21.5. The fourth-order valence-corrected chi connectivity index (χ4v) is 4.72. The van der Waals surface area contributed by atoms with E-state index in [9.17, 15) is 0 Å². The predicted octanol–water partition coefficient (Wildman–Crippen LogP) is 9.51. The van der Waals surface area contributed by atoms with E-state index in [0.717, 1.165) is 5.88 Å². The highest BCUT2D eigenvalue weighted by Crippen LogP contribution is 2.16. The molecule has 0 saturated carbocycles. The number of hydrogen-bond acceptors (Lipinski definition) is 0. The molecule has 0 unspecified atom stereocenters. The van der Waals surface area contributed by atoms with Gasteiger partial charge in [0.25, 0.3) is 0 Å². The lowest BCUT2D eigenvalue weighted by molar-refractivity contribution is -0.910. The van der Waals surface area contributed by atoms with E-state index >= 15 is 0 Å². The summed E-state index contributed by atoms with van der Waals surface area (Å²) in [6, 6.07) is 0. The zero-order valence-electron chi connectivity index (χ0n) is 20.8. The Morgan fingerprint density at radius 1 is 0.414 bits per heavy atom. The predicted molar refractivity (Wildman–Crippen MR) is 135 cm³/mol. The van der Waals surface area contributed by atoms with Crippen molar-refractivity contribution in [2.75, 3.05) is 32.6 Å². The van der Waals surface area contributed by atoms with Gasteiger partial charge in [0.1, 0.15) is 0 Å². The van der Waals surface area contributed by atoms with Gasteiger partial charge in [0.05, 0.1) is 26.7 Å². The fourth-order valence-electron chi connectivity index (χ4n) is 4.53. The largest absolute Gasteiger partial charge is 0.326 e. The maximum Gasteiger partial charge on any atom is 0.0784 e. The Bertz CT molecular complexity index is 283. The lowest BCUT2D eigenvalue weighted by Gasteiger charge is -2.35. The van der Waals surface area contributed by atoms with Gasteiger partial charge in [-0.25, -0.2) is 0 Å². The van der Waals surface area contributed by atoms with Crippen molar-refractivity contribution in [3.8, 4) is 0 Å². The van der Waals surface area contributed by atoms with E-state index in [-0.39, 0.29) is 0 Å². The molecule has 0 aliphatic heterocycles. The van der Waals surface area contributed by atoms with E-state index in [4.69, 9.17) is 11.6 Å². The van der Waals surface area contributed by atoms with Crippen LogP contribution in [0.1, 0.15) is 142 Å². The van der Waals surface area contributed by atoms with Crippen LogP contribution in [0.2, 0.25) is 0 Å². The van der Waals surface area contributed by atoms with Crippen molar-refractivity contribution in [1.29, 1.82) is 0 Å². The Morgan fingerprint density at radius 3 is 1.00 bits per heavy atom. The van der Waals surface area contributed by atoms with E-state index < -0.39 is 0 Å². The molecule has 0 aromatic carbocycles. The van der Waals surface area contributed by atoms with Crippen molar-refractivity contribution in [1.82, 2.24) is 0 Å². The number of halogens is 1. The minimum Gasteiger partial charge on any atom is -0.326 e. The maximum atomic E-state index is 5.94. The molecule has 0 bridgehead atoms. The number of quaternary nitrogens is 1. The molecule has 0 aliphatic carbocycles. The molecule has 0 heterocycles. The topological polar surface area (TPSA) is 0 Å². The van der Waals surface area contributed by atoms with Gasteiger partial charge >= 0.3 is 0 Å². The van der Waals surface area contributed by atoms with E-state index in [0.29, 0.717) is 0 Å². The smallest absolute Gasteiger partial charge is 0.0784 e. The van der Waals surface area contributed by atoms with Gasteiger partial charge in [-0.15, -0.1) is 11.6 Å². The van der Waals surface area contributed by atoms with Crippen LogP contribution in [0.4, 0.5) is 0 Å². The van der Waals surface area contributed by atoms with Crippen LogP contribution >= 0.6 is 11.6 Å². The van der Waals surface area contributed by atoms with Crippen LogP contribution in [0.3, 0.4) is 0 Å². The Balaban J connectivity index is 3.84. The molecule has 0 aliphatic rings. The lowest BCUT2D eigenvalue weighted by atomic mass is 10.1. The van der Waals surface area contributed by atoms with Crippen molar-refractivity contribution >= 4 is 11.6 Å². The van der Waals surface area contributed by atoms with Crippen LogP contribution in [0.5, 0.6) is 0 Å². The van der Waals surface area contributed by atoms with Crippen molar-refractivity contribution in [3.05, 3.63) is 0 Å². The molecular formula is C27H57ClN+. The fraction of sp³-hybridized carbons (Fsp3) is 1.00. The van der Waals surface area contributed by atoms with Crippen LogP contribution < -0.4 is 0 Å². The SMILES string of the molecule is CCCCCCCCCCC[N+](C)(CCCCCl)CCCCCCCCCCC. The molecule has 1 nitrogen and oxygen atoms in total. The molecule has 0 aromatic heterocycles. The highest BCUT2D eigenvalue weighted by molar-refractivity contribution is 6.17. The minimum absolute atomic E-state index is 0.829. The van der Waals surface area contributed by atoms with Crippen LogP contribution in [-0.4, -0.2) is 37.0 Å². The first-order valence-electron chi connectivity index (χ1n) is 13.6. The number of hydrogen-bond donors (Lipinski definition) is 0. The number of unbranched alkanes of at least 4 members (excludes halogenated alkanes) is 17. The summed E-state index contributed by atoms with van der Waals surface area (Å²) in [7, 11) is 2.52. The quantitative estimate of drug-likeness (QED) is 0.0811. The Labute approximate surface area is 191 Å². The van der Waals surface area contributed by atoms with Crippen LogP contribution in [0.25, 0.3) is 0 Å². The summed E-state index contributed by atoms with van der Waals surface area (Å²) in [5.74, 6) is 0.829. The summed E-state index contributed by atoms with van der Waals surface area (Å²) in [5, 5.41) is 0. The first-order chi connectivity index (χ1) is 14.2. The summed E-state index contributed by atoms with van der Waals surface area (Å²) in [5.41, 5.74) is 0. The average Bonchev–Trinajstić information content (AvgIpc) is 2.72. The van der Waals surface area contributed by atoms with Gasteiger partial charge in [-0.3, -0.25) is 0 Å². The summed E-state index contributed by atoms with van der Waals surface area (Å²) < 4.78 is 1.30. The average molecular weight is 431 g/mol. The molecule has 0 saturated heterocycles. The number of alkyl halides is 1. The summed E-state index contributed by atoms with van der Waals surface area (Å²) >= 11 is 5.94. The third kappa shape index (κ3) is 21.3.